The topological polar surface area (TPSA) is 155 Å². The van der Waals surface area contributed by atoms with Crippen LogP contribution in [0.25, 0.3) is 21.8 Å². The predicted octanol–water partition coefficient (Wildman–Crippen LogP) is 5.87. The van der Waals surface area contributed by atoms with Gasteiger partial charge < -0.3 is 29.7 Å². The van der Waals surface area contributed by atoms with Crippen LogP contribution in [0.5, 0.6) is 5.75 Å². The highest BCUT2D eigenvalue weighted by Gasteiger charge is 2.51. The zero-order chi connectivity index (χ0) is 43.9. The molecule has 3 atom stereocenters. The number of nitrogens with zero attached hydrogens (tertiary/aromatic N) is 8. The molecule has 63 heavy (non-hydrogen) atoms. The van der Waals surface area contributed by atoms with Gasteiger partial charge in [0.25, 0.3) is 5.56 Å². The summed E-state index contributed by atoms with van der Waals surface area (Å²) < 4.78 is 55.8. The number of hydrogen-bond acceptors (Lipinski definition) is 12. The van der Waals surface area contributed by atoms with E-state index in [4.69, 9.17) is 26.4 Å². The molecule has 5 aliphatic rings. The van der Waals surface area contributed by atoms with Crippen LogP contribution >= 0.6 is 11.6 Å². The number of anilines is 5. The van der Waals surface area contributed by atoms with E-state index in [0.29, 0.717) is 92.6 Å². The van der Waals surface area contributed by atoms with E-state index in [1.54, 1.807) is 25.2 Å². The first kappa shape index (κ1) is 41.4. The number of ether oxygens (including phenoxy) is 1. The Morgan fingerprint density at radius 2 is 1.78 bits per heavy atom. The van der Waals surface area contributed by atoms with Crippen molar-refractivity contribution < 1.29 is 27.5 Å². The van der Waals surface area contributed by atoms with Gasteiger partial charge >= 0.3 is 5.92 Å². The number of rotatable bonds is 8. The summed E-state index contributed by atoms with van der Waals surface area (Å²) in [5.74, 6) is -3.85. The van der Waals surface area contributed by atoms with Crippen molar-refractivity contribution in [2.24, 2.45) is 20.0 Å². The number of pyridine rings is 1. The van der Waals surface area contributed by atoms with Crippen molar-refractivity contribution in [2.45, 2.75) is 75.0 Å². The molecule has 0 bridgehead atoms. The van der Waals surface area contributed by atoms with Gasteiger partial charge in [-0.2, -0.15) is 10.1 Å². The molecule has 19 heteroatoms. The Morgan fingerprint density at radius 1 is 0.984 bits per heavy atom. The number of aryl methyl sites for hydroxylation is 2. The summed E-state index contributed by atoms with van der Waals surface area (Å²) in [7, 11) is 3.46. The minimum Gasteiger partial charge on any atom is -0.480 e. The molecule has 15 nitrogen and oxygen atoms in total. The van der Waals surface area contributed by atoms with E-state index in [0.717, 1.165) is 16.6 Å². The number of piperidine rings is 2. The molecule has 0 radical (unpaired) electrons. The molecule has 3 aromatic heterocycles. The zero-order valence-electron chi connectivity index (χ0n) is 35.3. The summed E-state index contributed by atoms with van der Waals surface area (Å²) in [6, 6.07) is 10.2. The number of carbonyl (C=O) groups excluding carboxylic acids is 2. The summed E-state index contributed by atoms with van der Waals surface area (Å²) in [5.41, 5.74) is 2.03. The highest BCUT2D eigenvalue weighted by Crippen LogP contribution is 2.46. The van der Waals surface area contributed by atoms with Gasteiger partial charge in [0.05, 0.1) is 46.3 Å². The minimum absolute atomic E-state index is 0.0644. The molecule has 2 aromatic carbocycles. The molecule has 1 aliphatic carbocycles. The van der Waals surface area contributed by atoms with Crippen LogP contribution in [0.4, 0.5) is 42.0 Å². The average molecular weight is 888 g/mol. The van der Waals surface area contributed by atoms with E-state index >= 15 is 13.2 Å². The van der Waals surface area contributed by atoms with Gasteiger partial charge in [0.15, 0.2) is 12.4 Å². The Kier molecular flexibility index (Phi) is 10.2. The SMILES string of the molecule is CC1CN(c2cccc3c(C4CCC(=O)NC4=O)nn(C)c23)CCN1CC1(F)CCN(c2ncc(Cl)c(Nc3ccc4c(c3)c3c(c(=O)n4C)OCC(F)(F)C(C4CC4)N3)n2)CC1. The number of aromatic nitrogens is 5. The maximum Gasteiger partial charge on any atom is 0.301 e. The van der Waals surface area contributed by atoms with Crippen molar-refractivity contribution in [3.05, 3.63) is 63.7 Å². The monoisotopic (exact) mass is 887 g/mol. The highest BCUT2D eigenvalue weighted by molar-refractivity contribution is 6.33. The van der Waals surface area contributed by atoms with Crippen molar-refractivity contribution in [1.82, 2.24) is 34.5 Å². The molecule has 1 saturated carbocycles. The molecule has 2 amide bonds. The van der Waals surface area contributed by atoms with Gasteiger partial charge in [0.1, 0.15) is 10.7 Å². The van der Waals surface area contributed by atoms with Gasteiger partial charge in [0.2, 0.25) is 23.5 Å². The Morgan fingerprint density at radius 3 is 2.52 bits per heavy atom. The number of imide groups is 1. The normalized spacial score (nSPS) is 23.8. The first-order valence-corrected chi connectivity index (χ1v) is 22.0. The van der Waals surface area contributed by atoms with Crippen LogP contribution in [-0.4, -0.2) is 111 Å². The zero-order valence-corrected chi connectivity index (χ0v) is 36.0. The smallest absolute Gasteiger partial charge is 0.301 e. The van der Waals surface area contributed by atoms with E-state index in [1.807, 2.05) is 28.8 Å². The standard InChI is InChI=1S/C44H49ClF3N11O4/c1-24-21-58(32-6-4-5-27-34(54-56(3)36(27)32)28-10-12-33(60)51-40(28)61)17-18-59(24)22-43(46)13-15-57(16-14-43)42-49-20-30(45)39(53-42)50-26-9-11-31-29(19-26)35-37(41(62)55(31)2)63-23-44(47,48)38(52-35)25-7-8-25/h4-6,9,11,19-20,24-25,28,38,52H,7-8,10,12-18,21-23H2,1-3H3,(H,49,50,53)(H,51,60,61). The molecule has 3 saturated heterocycles. The minimum atomic E-state index is -3.16. The fourth-order valence-corrected chi connectivity index (χ4v) is 10.0. The quantitative estimate of drug-likeness (QED) is 0.160. The van der Waals surface area contributed by atoms with E-state index in [-0.39, 0.29) is 59.5 Å². The van der Waals surface area contributed by atoms with Gasteiger partial charge in [-0.05, 0) is 56.4 Å². The lowest BCUT2D eigenvalue weighted by molar-refractivity contribution is -0.134. The van der Waals surface area contributed by atoms with Crippen LogP contribution < -0.4 is 36.0 Å². The van der Waals surface area contributed by atoms with Crippen molar-refractivity contribution in [3.63, 3.8) is 0 Å². The number of fused-ring (bicyclic) bond motifs is 4. The van der Waals surface area contributed by atoms with Gasteiger partial charge in [-0.25, -0.2) is 18.2 Å². The molecule has 332 valence electrons. The van der Waals surface area contributed by atoms with Crippen LogP contribution in [0.15, 0.2) is 47.4 Å². The van der Waals surface area contributed by atoms with Crippen LogP contribution in [0.3, 0.4) is 0 Å². The highest BCUT2D eigenvalue weighted by atomic mass is 35.5. The lowest BCUT2D eigenvalue weighted by Crippen LogP contribution is -2.57. The molecule has 10 rings (SSSR count). The molecular weight excluding hydrogens is 839 g/mol. The number of nitrogens with one attached hydrogen (secondary N) is 3. The third-order valence-electron chi connectivity index (χ3n) is 13.6. The molecule has 7 heterocycles. The van der Waals surface area contributed by atoms with Gasteiger partial charge in [-0.3, -0.25) is 29.3 Å². The first-order valence-electron chi connectivity index (χ1n) is 21.6. The number of halogens is 4. The number of alkyl halides is 3. The Bertz CT molecular complexity index is 2720. The molecule has 3 unspecified atom stereocenters. The summed E-state index contributed by atoms with van der Waals surface area (Å²) in [5, 5.41) is 15.2. The molecule has 3 N–H and O–H groups in total. The van der Waals surface area contributed by atoms with E-state index in [2.05, 4.69) is 43.7 Å². The second-order valence-electron chi connectivity index (χ2n) is 17.9. The largest absolute Gasteiger partial charge is 0.480 e. The Hall–Kier alpha value is -5.62. The maximum atomic E-state index is 16.7. The number of piperazine rings is 1. The van der Waals surface area contributed by atoms with Gasteiger partial charge in [0, 0.05) is 95.1 Å². The fourth-order valence-electron chi connectivity index (χ4n) is 9.91. The molecule has 0 spiro atoms. The number of hydrogen-bond donors (Lipinski definition) is 3. The predicted molar refractivity (Wildman–Crippen MR) is 234 cm³/mol. The third-order valence-corrected chi connectivity index (χ3v) is 13.9. The van der Waals surface area contributed by atoms with Crippen molar-refractivity contribution in [2.75, 3.05) is 66.3 Å². The first-order chi connectivity index (χ1) is 30.2. The van der Waals surface area contributed by atoms with Crippen LogP contribution in [0.2, 0.25) is 5.02 Å². The number of amides is 2. The lowest BCUT2D eigenvalue weighted by Gasteiger charge is -2.45. The van der Waals surface area contributed by atoms with Gasteiger partial charge in [-0.1, -0.05) is 23.7 Å². The van der Waals surface area contributed by atoms with Crippen LogP contribution in [0, 0.1) is 5.92 Å². The lowest BCUT2D eigenvalue weighted by atomic mass is 9.91. The van der Waals surface area contributed by atoms with E-state index < -0.39 is 35.7 Å². The Balaban J connectivity index is 0.802. The van der Waals surface area contributed by atoms with Crippen molar-refractivity contribution in [3.8, 4) is 5.75 Å². The van der Waals surface area contributed by atoms with Gasteiger partial charge in [-0.15, -0.1) is 0 Å². The fraction of sp³-hybridized carbons (Fsp3) is 0.500. The molecule has 4 fully saturated rings. The van der Waals surface area contributed by atoms with Crippen molar-refractivity contribution in [1.29, 1.82) is 0 Å². The van der Waals surface area contributed by atoms with Crippen LogP contribution in [0.1, 0.15) is 57.1 Å². The summed E-state index contributed by atoms with van der Waals surface area (Å²) in [6.45, 7) is 4.40. The Labute approximate surface area is 365 Å². The van der Waals surface area contributed by atoms with E-state index in [9.17, 15) is 14.4 Å². The summed E-state index contributed by atoms with van der Waals surface area (Å²) in [6.07, 6.45) is 4.14. The second-order valence-corrected chi connectivity index (χ2v) is 18.3. The van der Waals surface area contributed by atoms with Crippen molar-refractivity contribution >= 4 is 74.0 Å². The summed E-state index contributed by atoms with van der Waals surface area (Å²) >= 11 is 6.61. The maximum absolute atomic E-state index is 16.7. The molecule has 5 aromatic rings. The second kappa shape index (κ2) is 15.6. The molecular formula is C44H49ClF3N11O4. The third kappa shape index (κ3) is 7.57. The average Bonchev–Trinajstić information content (AvgIpc) is 4.06. The number of carbonyl (C=O) groups is 2. The summed E-state index contributed by atoms with van der Waals surface area (Å²) in [4.78, 5) is 53.5. The number of para-hydroxylation sites is 1. The number of benzene rings is 2. The van der Waals surface area contributed by atoms with Crippen LogP contribution in [-0.2, 0) is 23.7 Å². The molecule has 4 aliphatic heterocycles. The van der Waals surface area contributed by atoms with E-state index in [1.165, 1.54) is 10.8 Å².